The summed E-state index contributed by atoms with van der Waals surface area (Å²) in [6.07, 6.45) is 2.67. The number of aromatic nitrogens is 3. The molecule has 0 spiro atoms. The molecular formula is C19H28ClN7. The van der Waals surface area contributed by atoms with Crippen molar-refractivity contribution in [2.45, 2.75) is 26.8 Å². The average Bonchev–Trinajstić information content (AvgIpc) is 3.15. The van der Waals surface area contributed by atoms with E-state index >= 15 is 0 Å². The topological polar surface area (TPSA) is 61.6 Å². The van der Waals surface area contributed by atoms with Crippen molar-refractivity contribution < 1.29 is 0 Å². The van der Waals surface area contributed by atoms with Crippen LogP contribution < -0.4 is 10.2 Å². The second-order valence-corrected chi connectivity index (χ2v) is 6.92. The van der Waals surface area contributed by atoms with E-state index in [-0.39, 0.29) is 0 Å². The van der Waals surface area contributed by atoms with Gasteiger partial charge in [0, 0.05) is 56.4 Å². The van der Waals surface area contributed by atoms with Gasteiger partial charge in [-0.1, -0.05) is 24.6 Å². The maximum absolute atomic E-state index is 6.13. The third-order valence-corrected chi connectivity index (χ3v) is 4.94. The molecule has 27 heavy (non-hydrogen) atoms. The van der Waals surface area contributed by atoms with Gasteiger partial charge in [-0.05, 0) is 25.1 Å². The van der Waals surface area contributed by atoms with Gasteiger partial charge >= 0.3 is 0 Å². The predicted octanol–water partition coefficient (Wildman–Crippen LogP) is 2.28. The summed E-state index contributed by atoms with van der Waals surface area (Å²) in [5.41, 5.74) is 1.18. The third kappa shape index (κ3) is 5.13. The summed E-state index contributed by atoms with van der Waals surface area (Å²) in [6.45, 7) is 10.3. The lowest BCUT2D eigenvalue weighted by Gasteiger charge is -2.37. The van der Waals surface area contributed by atoms with Crippen LogP contribution in [0.3, 0.4) is 0 Å². The predicted molar refractivity (Wildman–Crippen MR) is 111 cm³/mol. The van der Waals surface area contributed by atoms with Crippen molar-refractivity contribution in [1.82, 2.24) is 25.0 Å². The van der Waals surface area contributed by atoms with Crippen molar-refractivity contribution in [3.8, 4) is 0 Å². The minimum absolute atomic E-state index is 0.710. The van der Waals surface area contributed by atoms with Crippen molar-refractivity contribution in [2.75, 3.05) is 44.2 Å². The number of benzene rings is 1. The average molecular weight is 390 g/mol. The normalized spacial score (nSPS) is 15.3. The van der Waals surface area contributed by atoms with Gasteiger partial charge in [0.2, 0.25) is 0 Å². The van der Waals surface area contributed by atoms with Gasteiger partial charge in [0.25, 0.3) is 0 Å². The van der Waals surface area contributed by atoms with Crippen LogP contribution >= 0.6 is 11.6 Å². The molecule has 1 aliphatic rings. The van der Waals surface area contributed by atoms with Crippen LogP contribution in [0.2, 0.25) is 5.02 Å². The molecular weight excluding hydrogens is 362 g/mol. The maximum Gasteiger partial charge on any atom is 0.194 e. The molecule has 0 atom stereocenters. The highest BCUT2D eigenvalue weighted by Gasteiger charge is 2.20. The Bertz CT molecular complexity index is 750. The monoisotopic (exact) mass is 389 g/mol. The van der Waals surface area contributed by atoms with Crippen LogP contribution in [0.25, 0.3) is 0 Å². The minimum atomic E-state index is 0.710. The molecule has 0 amide bonds. The number of piperazine rings is 1. The summed E-state index contributed by atoms with van der Waals surface area (Å²) in [7, 11) is 0. The summed E-state index contributed by atoms with van der Waals surface area (Å²) < 4.78 is 2.07. The number of nitrogens with one attached hydrogen (secondary N) is 1. The van der Waals surface area contributed by atoms with E-state index in [9.17, 15) is 0 Å². The fourth-order valence-corrected chi connectivity index (χ4v) is 3.46. The summed E-state index contributed by atoms with van der Waals surface area (Å²) in [5.74, 6) is 1.99. The first-order valence-corrected chi connectivity index (χ1v) is 9.99. The molecule has 0 radical (unpaired) electrons. The first-order valence-electron chi connectivity index (χ1n) is 9.61. The Morgan fingerprint density at radius 3 is 2.74 bits per heavy atom. The highest BCUT2D eigenvalue weighted by Crippen LogP contribution is 2.20. The van der Waals surface area contributed by atoms with E-state index < -0.39 is 0 Å². The van der Waals surface area contributed by atoms with E-state index in [4.69, 9.17) is 16.6 Å². The number of nitrogens with zero attached hydrogens (tertiary/aromatic N) is 6. The van der Waals surface area contributed by atoms with Crippen LogP contribution in [0.15, 0.2) is 35.6 Å². The number of anilines is 1. The second kappa shape index (κ2) is 9.60. The molecule has 7 nitrogen and oxygen atoms in total. The molecule has 1 fully saturated rings. The van der Waals surface area contributed by atoms with Crippen molar-refractivity contribution >= 4 is 23.2 Å². The molecule has 2 aromatic rings. The molecule has 8 heteroatoms. The number of aliphatic imine (C=N–C) groups is 1. The Morgan fingerprint density at radius 1 is 1.22 bits per heavy atom. The van der Waals surface area contributed by atoms with E-state index in [0.29, 0.717) is 6.54 Å². The number of halogens is 1. The lowest BCUT2D eigenvalue weighted by Crippen LogP contribution is -2.52. The van der Waals surface area contributed by atoms with Gasteiger partial charge < -0.3 is 19.7 Å². The van der Waals surface area contributed by atoms with Gasteiger partial charge in [0.15, 0.2) is 5.96 Å². The number of hydrogen-bond donors (Lipinski definition) is 1. The van der Waals surface area contributed by atoms with Crippen LogP contribution in [0, 0.1) is 0 Å². The smallest absolute Gasteiger partial charge is 0.194 e. The number of aryl methyl sites for hydroxylation is 1. The van der Waals surface area contributed by atoms with Gasteiger partial charge in [0.05, 0.1) is 6.54 Å². The molecule has 1 aliphatic heterocycles. The van der Waals surface area contributed by atoms with Gasteiger partial charge in [0.1, 0.15) is 12.2 Å². The quantitative estimate of drug-likeness (QED) is 0.606. The summed E-state index contributed by atoms with van der Waals surface area (Å²) in [5, 5.41) is 12.3. The van der Waals surface area contributed by atoms with Crippen LogP contribution in [-0.2, 0) is 13.0 Å². The standard InChI is InChI=1S/C19H28ClN7/c1-3-18-24-23-15-27(18)9-8-22-19(21-4-2)26-12-10-25(11-13-26)17-7-5-6-16(20)14-17/h5-7,14-15H,3-4,8-13H2,1-2H3,(H,21,22). The van der Waals surface area contributed by atoms with E-state index in [1.54, 1.807) is 6.33 Å². The van der Waals surface area contributed by atoms with Crippen LogP contribution in [0.1, 0.15) is 19.7 Å². The fourth-order valence-electron chi connectivity index (χ4n) is 3.28. The highest BCUT2D eigenvalue weighted by atomic mass is 35.5. The largest absolute Gasteiger partial charge is 0.368 e. The molecule has 0 bridgehead atoms. The molecule has 0 saturated carbocycles. The summed E-state index contributed by atoms with van der Waals surface area (Å²) >= 11 is 6.13. The zero-order valence-electron chi connectivity index (χ0n) is 16.1. The van der Waals surface area contributed by atoms with Crippen molar-refractivity contribution in [1.29, 1.82) is 0 Å². The zero-order valence-corrected chi connectivity index (χ0v) is 16.9. The molecule has 1 N–H and O–H groups in total. The Labute approximate surface area is 166 Å². The summed E-state index contributed by atoms with van der Waals surface area (Å²) in [4.78, 5) is 9.52. The fraction of sp³-hybridized carbons (Fsp3) is 0.526. The molecule has 3 rings (SSSR count). The first-order chi connectivity index (χ1) is 13.2. The molecule has 1 saturated heterocycles. The molecule has 146 valence electrons. The first kappa shape index (κ1) is 19.5. The van der Waals surface area contributed by atoms with E-state index in [1.165, 1.54) is 5.69 Å². The van der Waals surface area contributed by atoms with Crippen molar-refractivity contribution in [3.63, 3.8) is 0 Å². The molecule has 1 aromatic carbocycles. The van der Waals surface area contributed by atoms with E-state index in [0.717, 1.165) is 62.5 Å². The Balaban J connectivity index is 1.57. The highest BCUT2D eigenvalue weighted by molar-refractivity contribution is 6.30. The van der Waals surface area contributed by atoms with Gasteiger partial charge in [-0.2, -0.15) is 0 Å². The van der Waals surface area contributed by atoms with Crippen molar-refractivity contribution in [2.24, 2.45) is 4.99 Å². The lowest BCUT2D eigenvalue weighted by molar-refractivity contribution is 0.372. The molecule has 0 aliphatic carbocycles. The zero-order chi connectivity index (χ0) is 19.1. The number of rotatable bonds is 6. The third-order valence-electron chi connectivity index (χ3n) is 4.70. The second-order valence-electron chi connectivity index (χ2n) is 6.48. The molecule has 0 unspecified atom stereocenters. The number of hydrogen-bond acceptors (Lipinski definition) is 4. The van der Waals surface area contributed by atoms with Gasteiger partial charge in [-0.15, -0.1) is 10.2 Å². The van der Waals surface area contributed by atoms with Crippen LogP contribution in [0.4, 0.5) is 5.69 Å². The molecule has 1 aromatic heterocycles. The Kier molecular flexibility index (Phi) is 6.92. The number of guanidine groups is 1. The molecule has 2 heterocycles. The van der Waals surface area contributed by atoms with Crippen LogP contribution in [0.5, 0.6) is 0 Å². The maximum atomic E-state index is 6.13. The van der Waals surface area contributed by atoms with Crippen molar-refractivity contribution in [3.05, 3.63) is 41.4 Å². The summed E-state index contributed by atoms with van der Waals surface area (Å²) in [6, 6.07) is 8.06. The lowest BCUT2D eigenvalue weighted by atomic mass is 10.2. The van der Waals surface area contributed by atoms with Gasteiger partial charge in [-0.3, -0.25) is 4.99 Å². The van der Waals surface area contributed by atoms with E-state index in [1.807, 2.05) is 18.2 Å². The SMILES string of the molecule is CCNC(=NCCn1cnnc1CC)N1CCN(c2cccc(Cl)c2)CC1. The van der Waals surface area contributed by atoms with Gasteiger partial charge in [-0.25, -0.2) is 0 Å². The Hall–Kier alpha value is -2.28. The Morgan fingerprint density at radius 2 is 2.04 bits per heavy atom. The van der Waals surface area contributed by atoms with Crippen LogP contribution in [-0.4, -0.2) is 64.9 Å². The minimum Gasteiger partial charge on any atom is -0.368 e. The van der Waals surface area contributed by atoms with E-state index in [2.05, 4.69) is 49.8 Å².